The molecule has 0 spiro atoms. The lowest BCUT2D eigenvalue weighted by atomic mass is 9.88. The predicted octanol–water partition coefficient (Wildman–Crippen LogP) is 4.46. The fraction of sp³-hybridized carbons (Fsp3) is 0.167. The van der Waals surface area contributed by atoms with E-state index < -0.39 is 0 Å². The van der Waals surface area contributed by atoms with Gasteiger partial charge in [-0.05, 0) is 18.1 Å². The zero-order chi connectivity index (χ0) is 13.5. The standard InChI is InChI=1S/C18H18O/c1-15(14-16-8-4-2-5-9-16)18(12-13-19)17-10-6-3-7-11-17/h2-11,13-14,18H,12H2,1H3/b15-14+. The second-order valence-electron chi connectivity index (χ2n) is 4.66. The van der Waals surface area contributed by atoms with Crippen LogP contribution in [0, 0.1) is 0 Å². The minimum Gasteiger partial charge on any atom is -0.303 e. The predicted molar refractivity (Wildman–Crippen MR) is 80.0 cm³/mol. The van der Waals surface area contributed by atoms with Crippen molar-refractivity contribution in [2.45, 2.75) is 19.3 Å². The number of allylic oxidation sites excluding steroid dienone is 1. The van der Waals surface area contributed by atoms with E-state index in [0.29, 0.717) is 6.42 Å². The molecule has 1 atom stereocenters. The molecule has 2 aromatic carbocycles. The van der Waals surface area contributed by atoms with Gasteiger partial charge in [-0.3, -0.25) is 0 Å². The van der Waals surface area contributed by atoms with Crippen molar-refractivity contribution in [1.82, 2.24) is 0 Å². The summed E-state index contributed by atoms with van der Waals surface area (Å²) < 4.78 is 0. The van der Waals surface area contributed by atoms with Crippen LogP contribution in [-0.2, 0) is 4.79 Å². The van der Waals surface area contributed by atoms with E-state index in [1.54, 1.807) is 0 Å². The highest BCUT2D eigenvalue weighted by Gasteiger charge is 2.12. The van der Waals surface area contributed by atoms with Crippen molar-refractivity contribution in [2.75, 3.05) is 0 Å². The van der Waals surface area contributed by atoms with Crippen molar-refractivity contribution < 1.29 is 4.79 Å². The molecule has 1 unspecified atom stereocenters. The smallest absolute Gasteiger partial charge is 0.120 e. The summed E-state index contributed by atoms with van der Waals surface area (Å²) in [6.07, 6.45) is 3.68. The molecule has 0 radical (unpaired) electrons. The van der Waals surface area contributed by atoms with Gasteiger partial charge in [0.15, 0.2) is 0 Å². The first-order valence-corrected chi connectivity index (χ1v) is 6.53. The number of carbonyl (C=O) groups excluding carboxylic acids is 1. The third-order valence-electron chi connectivity index (χ3n) is 3.28. The summed E-state index contributed by atoms with van der Waals surface area (Å²) in [6.45, 7) is 2.09. The molecule has 19 heavy (non-hydrogen) atoms. The Bertz CT molecular complexity index is 540. The molecular formula is C18H18O. The maximum Gasteiger partial charge on any atom is 0.120 e. The molecule has 0 amide bonds. The van der Waals surface area contributed by atoms with E-state index in [9.17, 15) is 4.79 Å². The molecular weight excluding hydrogens is 232 g/mol. The molecule has 2 aromatic rings. The Balaban J connectivity index is 2.29. The highest BCUT2D eigenvalue weighted by Crippen LogP contribution is 2.28. The van der Waals surface area contributed by atoms with Gasteiger partial charge < -0.3 is 4.79 Å². The Labute approximate surface area is 114 Å². The Morgan fingerprint density at radius 3 is 2.16 bits per heavy atom. The zero-order valence-electron chi connectivity index (χ0n) is 11.1. The highest BCUT2D eigenvalue weighted by atomic mass is 16.1. The lowest BCUT2D eigenvalue weighted by Gasteiger charge is -2.16. The summed E-state index contributed by atoms with van der Waals surface area (Å²) in [4.78, 5) is 10.9. The van der Waals surface area contributed by atoms with E-state index >= 15 is 0 Å². The van der Waals surface area contributed by atoms with Crippen LogP contribution in [0.2, 0.25) is 0 Å². The van der Waals surface area contributed by atoms with Crippen LogP contribution in [0.5, 0.6) is 0 Å². The summed E-state index contributed by atoms with van der Waals surface area (Å²) >= 11 is 0. The summed E-state index contributed by atoms with van der Waals surface area (Å²) in [5.41, 5.74) is 3.58. The van der Waals surface area contributed by atoms with E-state index in [-0.39, 0.29) is 5.92 Å². The van der Waals surface area contributed by atoms with Crippen molar-refractivity contribution in [1.29, 1.82) is 0 Å². The number of hydrogen-bond donors (Lipinski definition) is 0. The van der Waals surface area contributed by atoms with Gasteiger partial charge >= 0.3 is 0 Å². The van der Waals surface area contributed by atoms with Crippen LogP contribution in [0.4, 0.5) is 0 Å². The number of rotatable bonds is 5. The maximum absolute atomic E-state index is 10.9. The topological polar surface area (TPSA) is 17.1 Å². The summed E-state index contributed by atoms with van der Waals surface area (Å²) in [6, 6.07) is 20.4. The summed E-state index contributed by atoms with van der Waals surface area (Å²) in [7, 11) is 0. The average molecular weight is 250 g/mol. The summed E-state index contributed by atoms with van der Waals surface area (Å²) in [5, 5.41) is 0. The van der Waals surface area contributed by atoms with E-state index in [2.05, 4.69) is 37.3 Å². The van der Waals surface area contributed by atoms with Gasteiger partial charge in [-0.2, -0.15) is 0 Å². The maximum atomic E-state index is 10.9. The SMILES string of the molecule is C/C(=C\c1ccccc1)C(CC=O)c1ccccc1. The van der Waals surface area contributed by atoms with Crippen molar-refractivity contribution in [3.05, 3.63) is 77.4 Å². The Morgan fingerprint density at radius 1 is 1.00 bits per heavy atom. The highest BCUT2D eigenvalue weighted by molar-refractivity contribution is 5.59. The van der Waals surface area contributed by atoms with Gasteiger partial charge in [0.05, 0.1) is 0 Å². The summed E-state index contributed by atoms with van der Waals surface area (Å²) in [5.74, 6) is 0.166. The van der Waals surface area contributed by atoms with Crippen LogP contribution in [0.1, 0.15) is 30.4 Å². The zero-order valence-corrected chi connectivity index (χ0v) is 11.1. The van der Waals surface area contributed by atoms with E-state index in [0.717, 1.165) is 6.29 Å². The van der Waals surface area contributed by atoms with Crippen LogP contribution < -0.4 is 0 Å². The molecule has 1 heteroatoms. The van der Waals surface area contributed by atoms with Gasteiger partial charge in [0.2, 0.25) is 0 Å². The number of carbonyl (C=O) groups is 1. The van der Waals surface area contributed by atoms with E-state index in [4.69, 9.17) is 0 Å². The van der Waals surface area contributed by atoms with Gasteiger partial charge in [-0.25, -0.2) is 0 Å². The average Bonchev–Trinajstić information content (AvgIpc) is 2.46. The monoisotopic (exact) mass is 250 g/mol. The molecule has 0 aliphatic carbocycles. The minimum atomic E-state index is 0.166. The fourth-order valence-electron chi connectivity index (χ4n) is 2.28. The first-order valence-electron chi connectivity index (χ1n) is 6.53. The molecule has 0 N–H and O–H groups in total. The molecule has 0 saturated heterocycles. The number of benzene rings is 2. The molecule has 0 saturated carbocycles. The van der Waals surface area contributed by atoms with Crippen molar-refractivity contribution in [2.24, 2.45) is 0 Å². The molecule has 1 nitrogen and oxygen atoms in total. The Hall–Kier alpha value is -2.15. The Kier molecular flexibility index (Phi) is 4.68. The normalized spacial score (nSPS) is 13.0. The third kappa shape index (κ3) is 3.65. The minimum absolute atomic E-state index is 0.166. The second kappa shape index (κ2) is 6.69. The molecule has 0 heterocycles. The lowest BCUT2D eigenvalue weighted by Crippen LogP contribution is -2.01. The van der Waals surface area contributed by atoms with Crippen LogP contribution in [0.3, 0.4) is 0 Å². The first-order chi connectivity index (χ1) is 9.31. The van der Waals surface area contributed by atoms with Crippen LogP contribution in [0.25, 0.3) is 6.08 Å². The van der Waals surface area contributed by atoms with E-state index in [1.807, 2.05) is 36.4 Å². The molecule has 0 aromatic heterocycles. The third-order valence-corrected chi connectivity index (χ3v) is 3.28. The van der Waals surface area contributed by atoms with E-state index in [1.165, 1.54) is 16.7 Å². The quantitative estimate of drug-likeness (QED) is 0.716. The van der Waals surface area contributed by atoms with Crippen molar-refractivity contribution >= 4 is 12.4 Å². The van der Waals surface area contributed by atoms with Gasteiger partial charge in [0.1, 0.15) is 6.29 Å². The van der Waals surface area contributed by atoms with Gasteiger partial charge in [-0.15, -0.1) is 0 Å². The fourth-order valence-corrected chi connectivity index (χ4v) is 2.28. The van der Waals surface area contributed by atoms with Gasteiger partial charge in [0, 0.05) is 12.3 Å². The largest absolute Gasteiger partial charge is 0.303 e. The van der Waals surface area contributed by atoms with Crippen molar-refractivity contribution in [3.63, 3.8) is 0 Å². The molecule has 0 aliphatic heterocycles. The van der Waals surface area contributed by atoms with Crippen LogP contribution >= 0.6 is 0 Å². The molecule has 96 valence electrons. The molecule has 0 bridgehead atoms. The molecule has 0 aliphatic rings. The lowest BCUT2D eigenvalue weighted by molar-refractivity contribution is -0.108. The van der Waals surface area contributed by atoms with Gasteiger partial charge in [0.25, 0.3) is 0 Å². The van der Waals surface area contributed by atoms with Crippen LogP contribution in [0.15, 0.2) is 66.2 Å². The first kappa shape index (κ1) is 13.3. The molecule has 0 fully saturated rings. The second-order valence-corrected chi connectivity index (χ2v) is 4.66. The van der Waals surface area contributed by atoms with Gasteiger partial charge in [-0.1, -0.05) is 72.3 Å². The molecule has 2 rings (SSSR count). The van der Waals surface area contributed by atoms with Crippen molar-refractivity contribution in [3.8, 4) is 0 Å². The number of aldehydes is 1. The number of hydrogen-bond acceptors (Lipinski definition) is 1. The van der Waals surface area contributed by atoms with Crippen LogP contribution in [-0.4, -0.2) is 6.29 Å². The Morgan fingerprint density at radius 2 is 1.58 bits per heavy atom.